The number of aliphatic hydroxyl groups excluding tert-OH is 10. The molecule has 0 radical (unpaired) electrons. The summed E-state index contributed by atoms with van der Waals surface area (Å²) in [5.74, 6) is -3.82. The van der Waals surface area contributed by atoms with E-state index in [1.165, 1.54) is 12.5 Å². The first-order valence-corrected chi connectivity index (χ1v) is 27.4. The van der Waals surface area contributed by atoms with Crippen molar-refractivity contribution in [3.05, 3.63) is 11.6 Å². The maximum atomic E-state index is 13.6. The van der Waals surface area contributed by atoms with Crippen molar-refractivity contribution in [2.24, 2.45) is 56.2 Å². The number of carboxylic acids is 1. The zero-order valence-electron chi connectivity index (χ0n) is 46.5. The van der Waals surface area contributed by atoms with Crippen LogP contribution in [0.25, 0.3) is 0 Å². The summed E-state index contributed by atoms with van der Waals surface area (Å²) >= 11 is 0. The molecule has 24 heteroatoms. The Morgan fingerprint density at radius 3 is 2.06 bits per heavy atom. The number of aliphatic carboxylic acids is 1. The van der Waals surface area contributed by atoms with Gasteiger partial charge in [0.15, 0.2) is 25.0 Å². The van der Waals surface area contributed by atoms with Crippen LogP contribution < -0.4 is 29.6 Å². The van der Waals surface area contributed by atoms with Gasteiger partial charge >= 0.3 is 47.5 Å². The van der Waals surface area contributed by atoms with Crippen LogP contribution in [0.1, 0.15) is 107 Å². The number of carboxylic acid groups (broad SMARTS) is 1. The fourth-order valence-corrected chi connectivity index (χ4v) is 16.5. The molecule has 10 unspecified atom stereocenters. The van der Waals surface area contributed by atoms with Gasteiger partial charge in [-0.25, -0.2) is 4.79 Å². The van der Waals surface area contributed by atoms with E-state index < -0.39 is 181 Å². The summed E-state index contributed by atoms with van der Waals surface area (Å²) in [7, 11) is 0. The number of aliphatic hydroxyl groups is 10. The first kappa shape index (κ1) is 62.5. The number of hydrogen-bond acceptors (Lipinski definition) is 22. The monoisotopic (exact) mass is 1120 g/mol. The van der Waals surface area contributed by atoms with Gasteiger partial charge in [0.25, 0.3) is 0 Å². The number of ether oxygens (including phenoxy) is 9. The summed E-state index contributed by atoms with van der Waals surface area (Å²) in [6.45, 7) is 15.8. The Bertz CT molecular complexity index is 2240. The summed E-state index contributed by atoms with van der Waals surface area (Å²) in [5, 5.41) is 120. The van der Waals surface area contributed by atoms with Gasteiger partial charge in [0.05, 0.1) is 55.6 Å². The van der Waals surface area contributed by atoms with Crippen LogP contribution in [-0.4, -0.2) is 217 Å². The van der Waals surface area contributed by atoms with Crippen LogP contribution in [0.15, 0.2) is 11.6 Å². The van der Waals surface area contributed by atoms with E-state index in [2.05, 4.69) is 40.7 Å². The smallest absolute Gasteiger partial charge is 0.479 e. The Morgan fingerprint density at radius 2 is 1.42 bits per heavy atom. The van der Waals surface area contributed by atoms with Gasteiger partial charge < -0.3 is 98.8 Å². The number of allylic oxidation sites excluding steroid dienone is 2. The molecule has 4 aliphatic heterocycles. The van der Waals surface area contributed by atoms with Gasteiger partial charge in [0.2, 0.25) is 0 Å². The molecule has 0 aromatic heterocycles. The first-order chi connectivity index (χ1) is 36.0. The predicted octanol–water partition coefficient (Wildman–Crippen LogP) is -3.58. The molecule has 438 valence electrons. The van der Waals surface area contributed by atoms with Crippen LogP contribution in [0.4, 0.5) is 0 Å². The summed E-state index contributed by atoms with van der Waals surface area (Å²) in [4.78, 5) is 38.4. The van der Waals surface area contributed by atoms with E-state index in [4.69, 9.17) is 42.6 Å². The van der Waals surface area contributed by atoms with Crippen molar-refractivity contribution in [2.45, 2.75) is 224 Å². The first-order valence-electron chi connectivity index (χ1n) is 27.4. The van der Waals surface area contributed by atoms with Crippen molar-refractivity contribution in [2.75, 3.05) is 26.4 Å². The van der Waals surface area contributed by atoms with E-state index in [9.17, 15) is 70.6 Å². The molecule has 4 saturated carbocycles. The molecule has 8 fully saturated rings. The van der Waals surface area contributed by atoms with Gasteiger partial charge in [-0.05, 0) is 98.2 Å². The summed E-state index contributed by atoms with van der Waals surface area (Å²) in [6, 6.07) is 0. The molecular formula is C54H84NaO23+. The topological polar surface area (TPSA) is 357 Å². The SMILES string of the molecule is CC(=O)OC(C)C(C)C(=O)OCC12C3CC(C)(C)[C@H](O[C@@H]1C[C@]1(C)C3=CCC3C4(C)CCC(O[C@@H]5O[C@H](C(=O)O)[C@@H](O[C@H]6O[C@H](CO)[C@@H](O)[C@H](O)[C@H]6O)[C@H](O)[C@H]5O[C@@H]5OC[C@@H](O)[C@H](O)[C@H]5O)[C@](C)(CO)C4CCC31C)C2O.[Na+]. The van der Waals surface area contributed by atoms with Crippen LogP contribution >= 0.6 is 0 Å². The Labute approximate surface area is 476 Å². The minimum absolute atomic E-state index is 0. The third kappa shape index (κ3) is 9.81. The molecule has 0 amide bonds. The fourth-order valence-electron chi connectivity index (χ4n) is 16.5. The van der Waals surface area contributed by atoms with Crippen LogP contribution in [0.5, 0.6) is 0 Å². The third-order valence-corrected chi connectivity index (χ3v) is 21.3. The Balaban J connectivity index is 0.00000803. The van der Waals surface area contributed by atoms with Gasteiger partial charge in [-0.2, -0.15) is 0 Å². The van der Waals surface area contributed by atoms with Crippen molar-refractivity contribution in [3.63, 3.8) is 0 Å². The standard InChI is InChI=1S/C54H84O23.Na/c1-22(23(2)71-24(3)57)45(68)70-21-54-26-16-49(4,5)43(42(54)65)73-32(54)17-53(9)25(26)10-11-30-50(6)14-13-31(51(7,20-56)29(50)12-15-52(30,53)8)74-48-40(76-46-36(62)33(59)27(58)19-69-46)38(64)39(41(77-48)44(66)67)75-47-37(63)35(61)34(60)28(18-55)72-47;/h10,22-23,26-43,46-48,55-56,58-65H,11-21H2,1-9H3,(H,66,67);/q;+1/t22?,23?,26?,27-,28-,29?,30?,31?,32-,33+,34-,35+,36-,37-,38+,39+,40-,41+,42?,43-,46+,47-,48-,50?,51-,52?,53-,54?;/m1./s1. The second kappa shape index (κ2) is 22.5. The fraction of sp³-hybridized carbons (Fsp3) is 0.907. The molecule has 2 bridgehead atoms. The Morgan fingerprint density at radius 1 is 0.756 bits per heavy atom. The molecule has 9 rings (SSSR count). The number of carbonyl (C=O) groups is 3. The van der Waals surface area contributed by atoms with Gasteiger partial charge in [0, 0.05) is 12.3 Å². The molecule has 0 aromatic rings. The van der Waals surface area contributed by atoms with E-state index in [1.807, 2.05) is 6.92 Å². The van der Waals surface area contributed by atoms with Crippen LogP contribution in [-0.2, 0) is 57.0 Å². The van der Waals surface area contributed by atoms with Crippen LogP contribution in [0.2, 0.25) is 0 Å². The van der Waals surface area contributed by atoms with Gasteiger partial charge in [0.1, 0.15) is 73.8 Å². The maximum Gasteiger partial charge on any atom is 1.00 e. The summed E-state index contributed by atoms with van der Waals surface area (Å²) in [5.41, 5.74) is -2.40. The van der Waals surface area contributed by atoms with E-state index in [0.717, 1.165) is 0 Å². The van der Waals surface area contributed by atoms with E-state index in [-0.39, 0.29) is 65.9 Å². The Kier molecular flexibility index (Phi) is 18.0. The van der Waals surface area contributed by atoms with Crippen LogP contribution in [0.3, 0.4) is 0 Å². The number of rotatable bonds is 14. The zero-order valence-corrected chi connectivity index (χ0v) is 48.5. The van der Waals surface area contributed by atoms with Gasteiger partial charge in [-0.1, -0.05) is 53.2 Å². The molecule has 0 aromatic carbocycles. The van der Waals surface area contributed by atoms with E-state index >= 15 is 0 Å². The molecule has 78 heavy (non-hydrogen) atoms. The number of esters is 2. The Hall–Kier alpha value is -1.53. The number of carbonyl (C=O) groups excluding carboxylic acids is 2. The van der Waals surface area contributed by atoms with E-state index in [0.29, 0.717) is 44.9 Å². The third-order valence-electron chi connectivity index (χ3n) is 21.3. The molecular weight excluding hydrogens is 1040 g/mol. The van der Waals surface area contributed by atoms with Gasteiger partial charge in [-0.3, -0.25) is 9.59 Å². The molecule has 4 saturated heterocycles. The molecule has 9 aliphatic rings. The quantitative estimate of drug-likeness (QED) is 0.0347. The summed E-state index contributed by atoms with van der Waals surface area (Å²) < 4.78 is 54.3. The molecule has 11 N–H and O–H groups in total. The van der Waals surface area contributed by atoms with Crippen molar-refractivity contribution < 1.29 is 143 Å². The minimum Gasteiger partial charge on any atom is -0.479 e. The summed E-state index contributed by atoms with van der Waals surface area (Å²) in [6.07, 6.45) is -22.8. The van der Waals surface area contributed by atoms with E-state index in [1.54, 1.807) is 13.8 Å². The average Bonchev–Trinajstić information content (AvgIpc) is 3.60. The number of hydrogen-bond donors (Lipinski definition) is 11. The number of fused-ring (bicyclic) bond motifs is 7. The van der Waals surface area contributed by atoms with Crippen molar-refractivity contribution >= 4 is 17.9 Å². The predicted molar refractivity (Wildman–Crippen MR) is 261 cm³/mol. The van der Waals surface area contributed by atoms with Gasteiger partial charge in [-0.15, -0.1) is 0 Å². The second-order valence-electron chi connectivity index (χ2n) is 25.8. The normalized spacial score (nSPS) is 51.0. The van der Waals surface area contributed by atoms with Crippen molar-refractivity contribution in [3.8, 4) is 0 Å². The average molecular weight is 1120 g/mol. The molecule has 5 aliphatic carbocycles. The minimum atomic E-state index is -2.09. The zero-order chi connectivity index (χ0) is 56.4. The molecule has 4 heterocycles. The van der Waals surface area contributed by atoms with Crippen molar-refractivity contribution in [1.29, 1.82) is 0 Å². The maximum absolute atomic E-state index is 13.6. The van der Waals surface area contributed by atoms with Crippen molar-refractivity contribution in [1.82, 2.24) is 0 Å². The van der Waals surface area contributed by atoms with Crippen LogP contribution in [0, 0.1) is 56.2 Å². The second-order valence-corrected chi connectivity index (χ2v) is 25.8. The largest absolute Gasteiger partial charge is 1.00 e. The molecule has 28 atom stereocenters. The molecule has 23 nitrogen and oxygen atoms in total. The molecule has 0 spiro atoms.